The Morgan fingerprint density at radius 1 is 1.00 bits per heavy atom. The molecule has 0 saturated carbocycles. The van der Waals surface area contributed by atoms with E-state index in [0.29, 0.717) is 17.1 Å². The summed E-state index contributed by atoms with van der Waals surface area (Å²) in [5.74, 6) is -0.420. The quantitative estimate of drug-likeness (QED) is 0.428. The molecule has 0 radical (unpaired) electrons. The number of carbonyl (C=O) groups excluding carboxylic acids is 1. The van der Waals surface area contributed by atoms with Gasteiger partial charge in [0.25, 0.3) is 0 Å². The second kappa shape index (κ2) is 10.2. The molecule has 7 heteroatoms. The van der Waals surface area contributed by atoms with Crippen LogP contribution in [0.25, 0.3) is 5.69 Å². The fraction of sp³-hybridized carbons (Fsp3) is 0.160. The summed E-state index contributed by atoms with van der Waals surface area (Å²) in [6, 6.07) is 24.7. The molecule has 0 fully saturated rings. The molecule has 6 nitrogen and oxygen atoms in total. The van der Waals surface area contributed by atoms with E-state index < -0.39 is 0 Å². The van der Waals surface area contributed by atoms with Crippen molar-refractivity contribution in [2.24, 2.45) is 0 Å². The van der Waals surface area contributed by atoms with E-state index in [9.17, 15) is 9.90 Å². The Labute approximate surface area is 191 Å². The molecule has 4 aromatic rings. The molecule has 0 aliphatic heterocycles. The molecule has 1 unspecified atom stereocenters. The molecule has 0 aliphatic rings. The average molecular weight is 447 g/mol. The normalized spacial score (nSPS) is 11.8. The lowest BCUT2D eigenvalue weighted by Gasteiger charge is -2.17. The van der Waals surface area contributed by atoms with E-state index in [1.807, 2.05) is 78.9 Å². The summed E-state index contributed by atoms with van der Waals surface area (Å²) in [4.78, 5) is 13.1. The number of halogens is 1. The average Bonchev–Trinajstić information content (AvgIpc) is 3.32. The highest BCUT2D eigenvalue weighted by atomic mass is 35.5. The number of aliphatic hydroxyl groups excluding tert-OH is 1. The topological polar surface area (TPSA) is 80.0 Å². The highest BCUT2D eigenvalue weighted by Crippen LogP contribution is 2.22. The molecular weight excluding hydrogens is 424 g/mol. The molecule has 1 heterocycles. The van der Waals surface area contributed by atoms with Gasteiger partial charge in [0.15, 0.2) is 0 Å². The predicted octanol–water partition coefficient (Wildman–Crippen LogP) is 4.06. The Hall–Kier alpha value is -3.48. The SMILES string of the molecule is O=C(NCc1cn(-c2cccc(CO)c2)nn1)C(Cc1ccc(Cl)cc1)c1ccccc1. The van der Waals surface area contributed by atoms with Crippen molar-refractivity contribution in [3.63, 3.8) is 0 Å². The van der Waals surface area contributed by atoms with Crippen molar-refractivity contribution < 1.29 is 9.90 Å². The number of nitrogens with one attached hydrogen (secondary N) is 1. The van der Waals surface area contributed by atoms with E-state index in [0.717, 1.165) is 22.4 Å². The molecular formula is C25H23ClN4O2. The van der Waals surface area contributed by atoms with E-state index in [2.05, 4.69) is 15.6 Å². The van der Waals surface area contributed by atoms with Gasteiger partial charge in [-0.05, 0) is 47.4 Å². The number of aliphatic hydroxyl groups is 1. The molecule has 1 atom stereocenters. The zero-order valence-corrected chi connectivity index (χ0v) is 18.1. The summed E-state index contributed by atoms with van der Waals surface area (Å²) in [6.07, 6.45) is 2.33. The second-order valence-corrected chi connectivity index (χ2v) is 7.93. The maximum atomic E-state index is 13.1. The van der Waals surface area contributed by atoms with Gasteiger partial charge in [-0.25, -0.2) is 4.68 Å². The lowest BCUT2D eigenvalue weighted by molar-refractivity contribution is -0.122. The van der Waals surface area contributed by atoms with Gasteiger partial charge >= 0.3 is 0 Å². The molecule has 0 aliphatic carbocycles. The molecule has 1 amide bonds. The van der Waals surface area contributed by atoms with Crippen molar-refractivity contribution in [2.75, 3.05) is 0 Å². The Morgan fingerprint density at radius 3 is 2.53 bits per heavy atom. The Morgan fingerprint density at radius 2 is 1.78 bits per heavy atom. The van der Waals surface area contributed by atoms with Crippen LogP contribution >= 0.6 is 11.6 Å². The number of benzene rings is 3. The highest BCUT2D eigenvalue weighted by molar-refractivity contribution is 6.30. The first-order chi connectivity index (χ1) is 15.6. The smallest absolute Gasteiger partial charge is 0.228 e. The van der Waals surface area contributed by atoms with Crippen LogP contribution in [0.4, 0.5) is 0 Å². The number of aromatic nitrogens is 3. The van der Waals surface area contributed by atoms with Gasteiger partial charge in [0.1, 0.15) is 5.69 Å². The van der Waals surface area contributed by atoms with Gasteiger partial charge in [-0.3, -0.25) is 4.79 Å². The summed E-state index contributed by atoms with van der Waals surface area (Å²) in [6.45, 7) is 0.225. The molecule has 2 N–H and O–H groups in total. The molecule has 0 spiro atoms. The lowest BCUT2D eigenvalue weighted by Crippen LogP contribution is -2.30. The van der Waals surface area contributed by atoms with Gasteiger partial charge in [0.2, 0.25) is 5.91 Å². The van der Waals surface area contributed by atoms with Crippen molar-refractivity contribution in [1.29, 1.82) is 0 Å². The molecule has 1 aromatic heterocycles. The minimum Gasteiger partial charge on any atom is -0.392 e. The monoisotopic (exact) mass is 446 g/mol. The zero-order chi connectivity index (χ0) is 22.3. The van der Waals surface area contributed by atoms with Crippen LogP contribution in [0.3, 0.4) is 0 Å². The number of rotatable bonds is 8. The van der Waals surface area contributed by atoms with Crippen LogP contribution in [-0.2, 0) is 24.4 Å². The van der Waals surface area contributed by atoms with E-state index in [1.165, 1.54) is 0 Å². The standard InChI is InChI=1S/C25H23ClN4O2/c26-21-11-9-18(10-12-21)14-24(20-6-2-1-3-7-20)25(32)27-15-22-16-30(29-28-22)23-8-4-5-19(13-23)17-31/h1-13,16,24,31H,14-15,17H2,(H,27,32). The minimum atomic E-state index is -0.339. The van der Waals surface area contributed by atoms with Crippen LogP contribution in [0.1, 0.15) is 28.3 Å². The summed E-state index contributed by atoms with van der Waals surface area (Å²) >= 11 is 6.00. The number of carbonyl (C=O) groups is 1. The van der Waals surface area contributed by atoms with Crippen LogP contribution in [0.15, 0.2) is 85.1 Å². The van der Waals surface area contributed by atoms with Crippen LogP contribution in [-0.4, -0.2) is 26.0 Å². The van der Waals surface area contributed by atoms with Crippen molar-refractivity contribution in [1.82, 2.24) is 20.3 Å². The Bertz CT molecular complexity index is 1180. The van der Waals surface area contributed by atoms with Gasteiger partial charge in [-0.2, -0.15) is 0 Å². The summed E-state index contributed by atoms with van der Waals surface area (Å²) < 4.78 is 1.63. The molecule has 162 valence electrons. The lowest BCUT2D eigenvalue weighted by atomic mass is 9.91. The van der Waals surface area contributed by atoms with Crippen LogP contribution < -0.4 is 5.32 Å². The first-order valence-corrected chi connectivity index (χ1v) is 10.7. The van der Waals surface area contributed by atoms with Crippen LogP contribution in [0, 0.1) is 0 Å². The van der Waals surface area contributed by atoms with Gasteiger partial charge in [0, 0.05) is 5.02 Å². The Balaban J connectivity index is 1.46. The summed E-state index contributed by atoms with van der Waals surface area (Å²) in [5, 5.41) is 21.3. The second-order valence-electron chi connectivity index (χ2n) is 7.49. The fourth-order valence-corrected chi connectivity index (χ4v) is 3.63. The molecule has 4 rings (SSSR count). The van der Waals surface area contributed by atoms with Gasteiger partial charge in [0.05, 0.1) is 31.0 Å². The highest BCUT2D eigenvalue weighted by Gasteiger charge is 2.21. The van der Waals surface area contributed by atoms with Gasteiger partial charge in [-0.15, -0.1) is 5.10 Å². The first kappa shape index (κ1) is 21.7. The maximum Gasteiger partial charge on any atom is 0.228 e. The summed E-state index contributed by atoms with van der Waals surface area (Å²) in [7, 11) is 0. The van der Waals surface area contributed by atoms with E-state index in [1.54, 1.807) is 10.9 Å². The first-order valence-electron chi connectivity index (χ1n) is 10.3. The van der Waals surface area contributed by atoms with Crippen molar-refractivity contribution in [2.45, 2.75) is 25.5 Å². The van der Waals surface area contributed by atoms with Crippen molar-refractivity contribution in [3.05, 3.63) is 112 Å². The van der Waals surface area contributed by atoms with Crippen molar-refractivity contribution >= 4 is 17.5 Å². The minimum absolute atomic E-state index is 0.0417. The van der Waals surface area contributed by atoms with E-state index in [4.69, 9.17) is 11.6 Å². The predicted molar refractivity (Wildman–Crippen MR) is 123 cm³/mol. The third kappa shape index (κ3) is 5.41. The fourth-order valence-electron chi connectivity index (χ4n) is 3.51. The number of nitrogens with zero attached hydrogens (tertiary/aromatic N) is 3. The molecule has 0 saturated heterocycles. The Kier molecular flexibility index (Phi) is 6.94. The zero-order valence-electron chi connectivity index (χ0n) is 17.4. The molecule has 32 heavy (non-hydrogen) atoms. The van der Waals surface area contributed by atoms with Gasteiger partial charge < -0.3 is 10.4 Å². The number of hydrogen-bond acceptors (Lipinski definition) is 4. The molecule has 3 aromatic carbocycles. The largest absolute Gasteiger partial charge is 0.392 e. The van der Waals surface area contributed by atoms with Gasteiger partial charge in [-0.1, -0.05) is 71.4 Å². The molecule has 0 bridgehead atoms. The van der Waals surface area contributed by atoms with E-state index >= 15 is 0 Å². The third-order valence-electron chi connectivity index (χ3n) is 5.21. The van der Waals surface area contributed by atoms with Crippen LogP contribution in [0.2, 0.25) is 5.02 Å². The van der Waals surface area contributed by atoms with E-state index in [-0.39, 0.29) is 25.0 Å². The van der Waals surface area contributed by atoms with Crippen molar-refractivity contribution in [3.8, 4) is 5.69 Å². The number of hydrogen-bond donors (Lipinski definition) is 2. The maximum absolute atomic E-state index is 13.1. The van der Waals surface area contributed by atoms with Crippen LogP contribution in [0.5, 0.6) is 0 Å². The number of amides is 1. The summed E-state index contributed by atoms with van der Waals surface area (Å²) in [5.41, 5.74) is 4.22. The third-order valence-corrected chi connectivity index (χ3v) is 5.47.